The van der Waals surface area contributed by atoms with Gasteiger partial charge in [-0.2, -0.15) is 4.98 Å². The van der Waals surface area contributed by atoms with Gasteiger partial charge in [0.05, 0.1) is 12.1 Å². The van der Waals surface area contributed by atoms with Crippen molar-refractivity contribution >= 4 is 22.5 Å². The van der Waals surface area contributed by atoms with Crippen LogP contribution in [0.1, 0.15) is 11.6 Å². The number of pyridine rings is 1. The summed E-state index contributed by atoms with van der Waals surface area (Å²) in [4.78, 5) is 22.6. The smallest absolute Gasteiger partial charge is 0.258 e. The van der Waals surface area contributed by atoms with E-state index in [1.807, 2.05) is 36.4 Å². The third-order valence-corrected chi connectivity index (χ3v) is 5.26. The second-order valence-electron chi connectivity index (χ2n) is 7.35. The van der Waals surface area contributed by atoms with E-state index >= 15 is 0 Å². The summed E-state index contributed by atoms with van der Waals surface area (Å²) in [6, 6.07) is 11.7. The fraction of sp³-hybridized carbons (Fsp3) is 0.286. The van der Waals surface area contributed by atoms with Gasteiger partial charge in [0, 0.05) is 43.3 Å². The number of hydrogen-bond acceptors (Lipinski definition) is 9. The molecule has 2 N–H and O–H groups in total. The number of fused-ring (bicyclic) bond motifs is 1. The van der Waals surface area contributed by atoms with Crippen molar-refractivity contribution in [1.82, 2.24) is 30.0 Å². The third kappa shape index (κ3) is 3.67. The van der Waals surface area contributed by atoms with Crippen LogP contribution in [0.15, 0.2) is 47.1 Å². The van der Waals surface area contributed by atoms with Crippen molar-refractivity contribution in [2.75, 3.05) is 36.8 Å². The summed E-state index contributed by atoms with van der Waals surface area (Å²) in [7, 11) is 0. The highest BCUT2D eigenvalue weighted by atomic mass is 16.5. The maximum Gasteiger partial charge on any atom is 0.258 e. The minimum absolute atomic E-state index is 0.515. The monoisotopic (exact) mass is 402 g/mol. The maximum absolute atomic E-state index is 6.12. The lowest BCUT2D eigenvalue weighted by molar-refractivity contribution is 0.244. The van der Waals surface area contributed by atoms with Gasteiger partial charge in [0.2, 0.25) is 0 Å². The minimum Gasteiger partial charge on any atom is -0.383 e. The molecule has 1 saturated heterocycles. The number of nitrogens with zero attached hydrogens (tertiary/aromatic N) is 7. The van der Waals surface area contributed by atoms with Crippen LogP contribution in [0.2, 0.25) is 0 Å². The van der Waals surface area contributed by atoms with E-state index in [-0.39, 0.29) is 0 Å². The Morgan fingerprint density at radius 2 is 1.87 bits per heavy atom. The highest BCUT2D eigenvalue weighted by molar-refractivity contribution is 5.87. The molecule has 30 heavy (non-hydrogen) atoms. The molecule has 0 spiro atoms. The van der Waals surface area contributed by atoms with Crippen LogP contribution in [0, 0.1) is 6.92 Å². The summed E-state index contributed by atoms with van der Waals surface area (Å²) in [6.07, 6.45) is 1.78. The SMILES string of the molecule is Cc1noc(-c2ccnc(N3CCN(Cc4nc(N)c5ccccc5n4)CC3)c2)n1. The van der Waals surface area contributed by atoms with Gasteiger partial charge in [-0.3, -0.25) is 4.90 Å². The number of aryl methyl sites for hydroxylation is 1. The van der Waals surface area contributed by atoms with Crippen molar-refractivity contribution < 1.29 is 4.52 Å². The van der Waals surface area contributed by atoms with Gasteiger partial charge in [0.25, 0.3) is 5.89 Å². The average molecular weight is 402 g/mol. The molecule has 1 aliphatic heterocycles. The number of nitrogens with two attached hydrogens (primary N) is 1. The van der Waals surface area contributed by atoms with Gasteiger partial charge in [0.1, 0.15) is 17.5 Å². The molecule has 1 fully saturated rings. The molecule has 0 saturated carbocycles. The van der Waals surface area contributed by atoms with Crippen LogP contribution in [0.25, 0.3) is 22.4 Å². The lowest BCUT2D eigenvalue weighted by Gasteiger charge is -2.35. The van der Waals surface area contributed by atoms with Gasteiger partial charge < -0.3 is 15.2 Å². The fourth-order valence-corrected chi connectivity index (χ4v) is 3.70. The standard InChI is InChI=1S/C21H22N8O/c1-14-24-21(30-27-14)15-6-7-23-19(12-15)29-10-8-28(9-11-29)13-18-25-17-5-3-2-4-16(17)20(22)26-18/h2-7,12H,8-11,13H2,1H3,(H2,22,25,26). The molecule has 0 amide bonds. The van der Waals surface area contributed by atoms with E-state index < -0.39 is 0 Å². The number of rotatable bonds is 4. The van der Waals surface area contributed by atoms with E-state index in [4.69, 9.17) is 10.3 Å². The van der Waals surface area contributed by atoms with Crippen LogP contribution in [-0.2, 0) is 6.54 Å². The average Bonchev–Trinajstić information content (AvgIpc) is 3.21. The first-order chi connectivity index (χ1) is 14.7. The van der Waals surface area contributed by atoms with E-state index in [1.165, 1.54) is 0 Å². The Hall–Kier alpha value is -3.59. The van der Waals surface area contributed by atoms with Crippen molar-refractivity contribution in [2.45, 2.75) is 13.5 Å². The third-order valence-electron chi connectivity index (χ3n) is 5.26. The number of benzene rings is 1. The molecular weight excluding hydrogens is 380 g/mol. The number of aromatic nitrogens is 5. The molecule has 4 aromatic rings. The molecule has 3 aromatic heterocycles. The first-order valence-corrected chi connectivity index (χ1v) is 9.91. The molecule has 9 heteroatoms. The van der Waals surface area contributed by atoms with Gasteiger partial charge in [-0.05, 0) is 31.2 Å². The van der Waals surface area contributed by atoms with Gasteiger partial charge in [-0.1, -0.05) is 17.3 Å². The van der Waals surface area contributed by atoms with Crippen molar-refractivity contribution in [3.05, 3.63) is 54.2 Å². The maximum atomic E-state index is 6.12. The van der Waals surface area contributed by atoms with Crippen LogP contribution in [0.5, 0.6) is 0 Å². The quantitative estimate of drug-likeness (QED) is 0.549. The molecule has 1 aliphatic rings. The zero-order valence-corrected chi connectivity index (χ0v) is 16.7. The zero-order chi connectivity index (χ0) is 20.5. The van der Waals surface area contributed by atoms with Crippen molar-refractivity contribution in [2.24, 2.45) is 0 Å². The number of para-hydroxylation sites is 1. The predicted molar refractivity (Wildman–Crippen MR) is 114 cm³/mol. The number of hydrogen-bond donors (Lipinski definition) is 1. The molecule has 0 radical (unpaired) electrons. The first kappa shape index (κ1) is 18.4. The normalized spacial score (nSPS) is 15.0. The number of piperazine rings is 1. The molecule has 0 unspecified atom stereocenters. The summed E-state index contributed by atoms with van der Waals surface area (Å²) in [6.45, 7) is 5.99. The molecular formula is C21H22N8O. The molecule has 0 bridgehead atoms. The summed E-state index contributed by atoms with van der Waals surface area (Å²) < 4.78 is 5.28. The summed E-state index contributed by atoms with van der Waals surface area (Å²) in [5, 5.41) is 4.76. The van der Waals surface area contributed by atoms with E-state index in [2.05, 4.69) is 34.9 Å². The van der Waals surface area contributed by atoms with Crippen LogP contribution < -0.4 is 10.6 Å². The predicted octanol–water partition coefficient (Wildman–Crippen LogP) is 2.29. The van der Waals surface area contributed by atoms with Crippen LogP contribution >= 0.6 is 0 Å². The molecule has 5 rings (SSSR count). The highest BCUT2D eigenvalue weighted by Crippen LogP contribution is 2.23. The summed E-state index contributed by atoms with van der Waals surface area (Å²) in [5.41, 5.74) is 7.88. The Kier molecular flexibility index (Phi) is 4.72. The topological polar surface area (TPSA) is 110 Å². The molecule has 0 aliphatic carbocycles. The van der Waals surface area contributed by atoms with E-state index in [9.17, 15) is 0 Å². The van der Waals surface area contributed by atoms with Gasteiger partial charge >= 0.3 is 0 Å². The summed E-state index contributed by atoms with van der Waals surface area (Å²) >= 11 is 0. The lowest BCUT2D eigenvalue weighted by Crippen LogP contribution is -2.46. The highest BCUT2D eigenvalue weighted by Gasteiger charge is 2.20. The van der Waals surface area contributed by atoms with Crippen LogP contribution in [0.4, 0.5) is 11.6 Å². The molecule has 9 nitrogen and oxygen atoms in total. The van der Waals surface area contributed by atoms with Gasteiger partial charge in [0.15, 0.2) is 5.82 Å². The van der Waals surface area contributed by atoms with E-state index in [0.29, 0.717) is 24.1 Å². The minimum atomic E-state index is 0.515. The molecule has 152 valence electrons. The lowest BCUT2D eigenvalue weighted by atomic mass is 10.2. The fourth-order valence-electron chi connectivity index (χ4n) is 3.70. The number of nitrogen functional groups attached to an aromatic ring is 1. The Balaban J connectivity index is 1.26. The molecule has 0 atom stereocenters. The van der Waals surface area contributed by atoms with Crippen LogP contribution in [-0.4, -0.2) is 56.2 Å². The molecule has 1 aromatic carbocycles. The van der Waals surface area contributed by atoms with E-state index in [1.54, 1.807) is 13.1 Å². The van der Waals surface area contributed by atoms with Crippen molar-refractivity contribution in [3.63, 3.8) is 0 Å². The Morgan fingerprint density at radius 3 is 2.67 bits per heavy atom. The van der Waals surface area contributed by atoms with Crippen molar-refractivity contribution in [3.8, 4) is 11.5 Å². The molecule has 4 heterocycles. The number of anilines is 2. The Morgan fingerprint density at radius 1 is 1.03 bits per heavy atom. The second-order valence-corrected chi connectivity index (χ2v) is 7.35. The zero-order valence-electron chi connectivity index (χ0n) is 16.7. The van der Waals surface area contributed by atoms with Gasteiger partial charge in [-0.25, -0.2) is 15.0 Å². The van der Waals surface area contributed by atoms with E-state index in [0.717, 1.165) is 54.3 Å². The first-order valence-electron chi connectivity index (χ1n) is 9.91. The van der Waals surface area contributed by atoms with Crippen molar-refractivity contribution in [1.29, 1.82) is 0 Å². The van der Waals surface area contributed by atoms with Gasteiger partial charge in [-0.15, -0.1) is 0 Å². The van der Waals surface area contributed by atoms with Crippen LogP contribution in [0.3, 0.4) is 0 Å². The summed E-state index contributed by atoms with van der Waals surface area (Å²) in [5.74, 6) is 3.33. The Bertz CT molecular complexity index is 1180. The largest absolute Gasteiger partial charge is 0.383 e. The Labute approximate surface area is 173 Å². The second kappa shape index (κ2) is 7.68.